The lowest BCUT2D eigenvalue weighted by Gasteiger charge is -2.10. The molecule has 0 saturated heterocycles. The first-order chi connectivity index (χ1) is 16.0. The second-order valence-electron chi connectivity index (χ2n) is 6.93. The molecule has 0 aliphatic carbocycles. The Labute approximate surface area is 193 Å². The van der Waals surface area contributed by atoms with E-state index >= 15 is 0 Å². The molecule has 0 radical (unpaired) electrons. The summed E-state index contributed by atoms with van der Waals surface area (Å²) in [6.07, 6.45) is 11.0. The van der Waals surface area contributed by atoms with Crippen LogP contribution in [0, 0.1) is 24.7 Å². The summed E-state index contributed by atoms with van der Waals surface area (Å²) in [6.45, 7) is 0. The van der Waals surface area contributed by atoms with Crippen molar-refractivity contribution in [2.75, 3.05) is 0 Å². The maximum Gasteiger partial charge on any atom is 0.206 e. The van der Waals surface area contributed by atoms with Gasteiger partial charge in [0.15, 0.2) is 0 Å². The summed E-state index contributed by atoms with van der Waals surface area (Å²) in [6, 6.07) is 26.7. The fraction of sp³-hybridized carbons (Fsp3) is 0. The van der Waals surface area contributed by atoms with Crippen molar-refractivity contribution in [2.45, 2.75) is 9.79 Å². The van der Waals surface area contributed by atoms with Crippen LogP contribution < -0.4 is 9.47 Å². The normalized spacial score (nSPS) is 10.6. The third-order valence-electron chi connectivity index (χ3n) is 4.81. The second kappa shape index (κ2) is 9.36. The van der Waals surface area contributed by atoms with Crippen LogP contribution in [0.1, 0.15) is 11.1 Å². The molecule has 0 spiro atoms. The van der Waals surface area contributed by atoms with Crippen molar-refractivity contribution in [2.24, 2.45) is 0 Å². The molecule has 0 fully saturated rings. The van der Waals surface area contributed by atoms with Crippen molar-refractivity contribution in [3.63, 3.8) is 0 Å². The molecule has 0 aliphatic heterocycles. The van der Waals surface area contributed by atoms with Crippen molar-refractivity contribution < 1.29 is 17.9 Å². The lowest BCUT2D eigenvalue weighted by atomic mass is 10.2. The monoisotopic (exact) mass is 450 g/mol. The quantitative estimate of drug-likeness (QED) is 0.335. The topological polar surface area (TPSA) is 52.6 Å². The molecule has 0 saturated carbocycles. The van der Waals surface area contributed by atoms with Crippen LogP contribution in [0.5, 0.6) is 23.0 Å². The highest BCUT2D eigenvalue weighted by molar-refractivity contribution is 7.91. The van der Waals surface area contributed by atoms with Crippen LogP contribution in [0.4, 0.5) is 0 Å². The number of hydrogen-bond donors (Lipinski definition) is 0. The molecule has 0 unspecified atom stereocenters. The smallest absolute Gasteiger partial charge is 0.206 e. The largest absolute Gasteiger partial charge is 0.456 e. The average molecular weight is 451 g/mol. The molecule has 4 aromatic rings. The Bertz CT molecular complexity index is 1360. The van der Waals surface area contributed by atoms with Crippen LogP contribution in [0.25, 0.3) is 0 Å². The van der Waals surface area contributed by atoms with Gasteiger partial charge < -0.3 is 9.47 Å². The molecule has 0 N–H and O–H groups in total. The Balaban J connectivity index is 1.52. The van der Waals surface area contributed by atoms with Gasteiger partial charge in [-0.05, 0) is 72.8 Å². The maximum atomic E-state index is 13.0. The number of hydrogen-bond acceptors (Lipinski definition) is 4. The zero-order chi connectivity index (χ0) is 23.3. The Kier molecular flexibility index (Phi) is 6.17. The van der Waals surface area contributed by atoms with E-state index in [0.717, 1.165) is 0 Å². The molecule has 4 rings (SSSR count). The van der Waals surface area contributed by atoms with Gasteiger partial charge in [-0.2, -0.15) is 0 Å². The van der Waals surface area contributed by atoms with E-state index in [2.05, 4.69) is 11.8 Å². The number of terminal acetylenes is 2. The number of sulfone groups is 1. The van der Waals surface area contributed by atoms with E-state index in [1.165, 1.54) is 24.3 Å². The highest BCUT2D eigenvalue weighted by atomic mass is 32.2. The molecule has 0 aromatic heterocycles. The molecule has 0 atom stereocenters. The van der Waals surface area contributed by atoms with Crippen molar-refractivity contribution in [3.05, 3.63) is 108 Å². The first-order valence-electron chi connectivity index (χ1n) is 9.93. The molecule has 160 valence electrons. The predicted octanol–water partition coefficient (Wildman–Crippen LogP) is 6.07. The third kappa shape index (κ3) is 4.75. The molecule has 0 bridgehead atoms. The fourth-order valence-corrected chi connectivity index (χ4v) is 4.37. The van der Waals surface area contributed by atoms with Crippen molar-refractivity contribution in [1.29, 1.82) is 0 Å². The van der Waals surface area contributed by atoms with Crippen LogP contribution in [0.15, 0.2) is 107 Å². The molecular weight excluding hydrogens is 432 g/mol. The van der Waals surface area contributed by atoms with E-state index in [-0.39, 0.29) is 9.79 Å². The average Bonchev–Trinajstić information content (AvgIpc) is 2.85. The molecule has 0 amide bonds. The summed E-state index contributed by atoms with van der Waals surface area (Å²) in [7, 11) is -3.72. The Morgan fingerprint density at radius 2 is 0.909 bits per heavy atom. The number of rotatable bonds is 6. The van der Waals surface area contributed by atoms with Crippen molar-refractivity contribution >= 4 is 9.84 Å². The van der Waals surface area contributed by atoms with Gasteiger partial charge in [-0.15, -0.1) is 12.8 Å². The fourth-order valence-electron chi connectivity index (χ4n) is 3.11. The SMILES string of the molecule is C#Cc1ccccc1Oc1ccc(S(=O)(=O)c2ccc(Oc3ccccc3C#C)cc2)cc1. The minimum absolute atomic E-state index is 0.145. The van der Waals surface area contributed by atoms with Crippen LogP contribution in [0.3, 0.4) is 0 Å². The number of benzene rings is 4. The van der Waals surface area contributed by atoms with Gasteiger partial charge in [-0.25, -0.2) is 8.42 Å². The lowest BCUT2D eigenvalue weighted by molar-refractivity contribution is 0.480. The Hall–Kier alpha value is -4.45. The molecular formula is C28H18O4S. The first kappa shape index (κ1) is 21.8. The molecule has 0 heterocycles. The van der Waals surface area contributed by atoms with E-state index in [4.69, 9.17) is 22.3 Å². The number of ether oxygens (including phenoxy) is 2. The van der Waals surface area contributed by atoms with Crippen molar-refractivity contribution in [3.8, 4) is 47.7 Å². The summed E-state index contributed by atoms with van der Waals surface area (Å²) >= 11 is 0. The maximum absolute atomic E-state index is 13.0. The van der Waals surface area contributed by atoms with E-state index in [0.29, 0.717) is 34.1 Å². The van der Waals surface area contributed by atoms with Gasteiger partial charge in [0.2, 0.25) is 9.84 Å². The lowest BCUT2D eigenvalue weighted by Crippen LogP contribution is -2.02. The van der Waals surface area contributed by atoms with E-state index in [1.807, 2.05) is 24.3 Å². The Morgan fingerprint density at radius 3 is 1.27 bits per heavy atom. The summed E-state index contributed by atoms with van der Waals surface area (Å²) < 4.78 is 37.7. The minimum atomic E-state index is -3.72. The van der Waals surface area contributed by atoms with Crippen LogP contribution in [-0.4, -0.2) is 8.42 Å². The second-order valence-corrected chi connectivity index (χ2v) is 8.88. The van der Waals surface area contributed by atoms with Gasteiger partial charge in [0, 0.05) is 0 Å². The predicted molar refractivity (Wildman–Crippen MR) is 127 cm³/mol. The van der Waals surface area contributed by atoms with E-state index < -0.39 is 9.84 Å². The molecule has 4 nitrogen and oxygen atoms in total. The van der Waals surface area contributed by atoms with Gasteiger partial charge in [-0.1, -0.05) is 36.1 Å². The molecule has 33 heavy (non-hydrogen) atoms. The molecule has 5 heteroatoms. The summed E-state index contributed by atoms with van der Waals surface area (Å²) in [5, 5.41) is 0. The van der Waals surface area contributed by atoms with Crippen molar-refractivity contribution in [1.82, 2.24) is 0 Å². The zero-order valence-electron chi connectivity index (χ0n) is 17.4. The Morgan fingerprint density at radius 1 is 0.545 bits per heavy atom. The van der Waals surface area contributed by atoms with Gasteiger partial charge >= 0.3 is 0 Å². The highest BCUT2D eigenvalue weighted by Gasteiger charge is 2.18. The van der Waals surface area contributed by atoms with Gasteiger partial charge in [-0.3, -0.25) is 0 Å². The van der Waals surface area contributed by atoms with E-state index in [9.17, 15) is 8.42 Å². The summed E-state index contributed by atoms with van der Waals surface area (Å²) in [4.78, 5) is 0.290. The zero-order valence-corrected chi connectivity index (χ0v) is 18.3. The first-order valence-corrected chi connectivity index (χ1v) is 11.4. The highest BCUT2D eigenvalue weighted by Crippen LogP contribution is 2.30. The number of para-hydroxylation sites is 2. The minimum Gasteiger partial charge on any atom is -0.456 e. The summed E-state index contributed by atoms with van der Waals surface area (Å²) in [5.41, 5.74) is 1.22. The summed E-state index contributed by atoms with van der Waals surface area (Å²) in [5.74, 6) is 7.13. The third-order valence-corrected chi connectivity index (χ3v) is 6.59. The van der Waals surface area contributed by atoms with E-state index in [1.54, 1.807) is 48.5 Å². The van der Waals surface area contributed by atoms with Crippen LogP contribution in [0.2, 0.25) is 0 Å². The molecule has 4 aromatic carbocycles. The standard InChI is InChI=1S/C28H18O4S/c1-3-21-9-5-7-11-27(21)31-23-13-17-25(18-14-23)33(29,30)26-19-15-24(16-20-26)32-28-12-8-6-10-22(28)4-2/h1-2,5-20H. The molecule has 0 aliphatic rings. The van der Waals surface area contributed by atoms with Gasteiger partial charge in [0.25, 0.3) is 0 Å². The van der Waals surface area contributed by atoms with Crippen LogP contribution >= 0.6 is 0 Å². The van der Waals surface area contributed by atoms with Gasteiger partial charge in [0.1, 0.15) is 23.0 Å². The van der Waals surface area contributed by atoms with Crippen LogP contribution in [-0.2, 0) is 9.84 Å². The van der Waals surface area contributed by atoms with Gasteiger partial charge in [0.05, 0.1) is 20.9 Å².